The number of halogens is 4. The summed E-state index contributed by atoms with van der Waals surface area (Å²) in [7, 11) is 2.94. The van der Waals surface area contributed by atoms with Crippen LogP contribution < -0.4 is 14.8 Å². The van der Waals surface area contributed by atoms with Crippen molar-refractivity contribution >= 4 is 17.7 Å². The van der Waals surface area contributed by atoms with Crippen molar-refractivity contribution in [2.75, 3.05) is 14.2 Å². The van der Waals surface area contributed by atoms with E-state index in [9.17, 15) is 22.4 Å². The van der Waals surface area contributed by atoms with Crippen LogP contribution in [0.1, 0.15) is 27.3 Å². The topological polar surface area (TPSA) is 78.3 Å². The van der Waals surface area contributed by atoms with E-state index in [0.717, 1.165) is 23.9 Å². The van der Waals surface area contributed by atoms with E-state index in [-0.39, 0.29) is 12.3 Å². The van der Waals surface area contributed by atoms with Gasteiger partial charge in [-0.25, -0.2) is 4.39 Å². The quantitative estimate of drug-likeness (QED) is 0.216. The van der Waals surface area contributed by atoms with Crippen LogP contribution >= 0.6 is 11.8 Å². The number of nitrogens with one attached hydrogen (secondary N) is 1. The minimum Gasteiger partial charge on any atom is -0.497 e. The minimum atomic E-state index is -4.45. The second kappa shape index (κ2) is 11.5. The molecule has 0 spiro atoms. The molecular weight excluding hydrogens is 524 g/mol. The molecule has 4 rings (SSSR count). The lowest BCUT2D eigenvalue weighted by Gasteiger charge is -2.12. The van der Waals surface area contributed by atoms with Gasteiger partial charge in [0.1, 0.15) is 17.3 Å². The molecule has 1 heterocycles. The lowest BCUT2D eigenvalue weighted by molar-refractivity contribution is -0.137. The number of methoxy groups -OCH3 is 2. The summed E-state index contributed by atoms with van der Waals surface area (Å²) in [5.41, 5.74) is 0.525. The Morgan fingerprint density at radius 2 is 1.66 bits per heavy atom. The molecule has 7 nitrogen and oxygen atoms in total. The van der Waals surface area contributed by atoms with E-state index in [1.54, 1.807) is 28.8 Å². The highest BCUT2D eigenvalue weighted by Gasteiger charge is 2.30. The lowest BCUT2D eigenvalue weighted by atomic mass is 10.1. The van der Waals surface area contributed by atoms with Crippen LogP contribution in [0.25, 0.3) is 5.69 Å². The van der Waals surface area contributed by atoms with E-state index in [4.69, 9.17) is 9.47 Å². The van der Waals surface area contributed by atoms with Crippen LogP contribution in [-0.2, 0) is 18.5 Å². The molecule has 0 saturated heterocycles. The van der Waals surface area contributed by atoms with Gasteiger partial charge in [-0.3, -0.25) is 9.36 Å². The first-order valence-corrected chi connectivity index (χ1v) is 12.2. The number of nitrogens with zero attached hydrogens (tertiary/aromatic N) is 3. The number of hydrogen-bond donors (Lipinski definition) is 1. The zero-order valence-electron chi connectivity index (χ0n) is 20.3. The molecule has 1 amide bonds. The van der Waals surface area contributed by atoms with E-state index in [0.29, 0.717) is 39.3 Å². The molecule has 38 heavy (non-hydrogen) atoms. The molecule has 0 aliphatic heterocycles. The van der Waals surface area contributed by atoms with Gasteiger partial charge in [0, 0.05) is 23.1 Å². The van der Waals surface area contributed by atoms with Crippen LogP contribution in [0.15, 0.2) is 71.9 Å². The Hall–Kier alpha value is -4.06. The van der Waals surface area contributed by atoms with E-state index in [1.165, 1.54) is 44.6 Å². The lowest BCUT2D eigenvalue weighted by Crippen LogP contribution is -2.24. The number of carbonyl (C=O) groups excluding carboxylic acids is 1. The maximum Gasteiger partial charge on any atom is 0.416 e. The van der Waals surface area contributed by atoms with Gasteiger partial charge in [0.2, 0.25) is 0 Å². The first kappa shape index (κ1) is 27.0. The summed E-state index contributed by atoms with van der Waals surface area (Å²) in [6.45, 7) is -0.0349. The molecule has 0 saturated carbocycles. The maximum absolute atomic E-state index is 13.6. The van der Waals surface area contributed by atoms with Crippen molar-refractivity contribution in [3.63, 3.8) is 0 Å². The molecule has 0 aliphatic rings. The fourth-order valence-electron chi connectivity index (χ4n) is 3.54. The number of rotatable bonds is 9. The van der Waals surface area contributed by atoms with Crippen LogP contribution in [0.3, 0.4) is 0 Å². The normalized spacial score (nSPS) is 11.3. The number of amides is 1. The van der Waals surface area contributed by atoms with Gasteiger partial charge < -0.3 is 14.8 Å². The van der Waals surface area contributed by atoms with E-state index >= 15 is 0 Å². The molecule has 0 bridgehead atoms. The molecule has 4 aromatic rings. The predicted octanol–water partition coefficient (Wildman–Crippen LogP) is 5.66. The Balaban J connectivity index is 1.57. The molecule has 1 aromatic heterocycles. The third kappa shape index (κ3) is 6.43. The standard InChI is InChI=1S/C26H22F4N4O3S/c1-36-21-11-17(12-22(13-21)37-2)24(35)31-14-23-32-33-25(34(23)20-8-6-19(27)7-9-20)38-15-16-4-3-5-18(10-16)26(28,29)30/h3-13H,14-15H2,1-2H3,(H,31,35). The smallest absolute Gasteiger partial charge is 0.416 e. The van der Waals surface area contributed by atoms with Gasteiger partial charge in [0.15, 0.2) is 11.0 Å². The molecule has 12 heteroatoms. The van der Waals surface area contributed by atoms with E-state index in [1.807, 2.05) is 0 Å². The number of ether oxygens (including phenoxy) is 2. The van der Waals surface area contributed by atoms with Crippen molar-refractivity contribution in [3.05, 3.63) is 95.1 Å². The highest BCUT2D eigenvalue weighted by atomic mass is 32.2. The Kier molecular flexibility index (Phi) is 8.20. The van der Waals surface area contributed by atoms with Crippen molar-refractivity contribution in [1.29, 1.82) is 0 Å². The molecule has 0 radical (unpaired) electrons. The summed E-state index contributed by atoms with van der Waals surface area (Å²) in [6.07, 6.45) is -4.45. The molecular formula is C26H22F4N4O3S. The van der Waals surface area contributed by atoms with Crippen LogP contribution in [-0.4, -0.2) is 34.9 Å². The fraction of sp³-hybridized carbons (Fsp3) is 0.192. The molecule has 3 aromatic carbocycles. The summed E-state index contributed by atoms with van der Waals surface area (Å²) in [5.74, 6) is 0.538. The molecule has 0 unspecified atom stereocenters. The van der Waals surface area contributed by atoms with Gasteiger partial charge in [-0.05, 0) is 48.0 Å². The summed E-state index contributed by atoms with van der Waals surface area (Å²) in [5, 5.41) is 11.5. The first-order valence-electron chi connectivity index (χ1n) is 11.2. The van der Waals surface area contributed by atoms with Crippen molar-refractivity contribution < 1.29 is 31.8 Å². The number of thioether (sulfide) groups is 1. The van der Waals surface area contributed by atoms with Crippen molar-refractivity contribution in [3.8, 4) is 17.2 Å². The third-order valence-corrected chi connectivity index (χ3v) is 6.43. The Bertz CT molecular complexity index is 1400. The summed E-state index contributed by atoms with van der Waals surface area (Å²) >= 11 is 1.16. The minimum absolute atomic E-state index is 0.0349. The predicted molar refractivity (Wildman–Crippen MR) is 133 cm³/mol. The Morgan fingerprint density at radius 3 is 2.29 bits per heavy atom. The number of aromatic nitrogens is 3. The van der Waals surface area contributed by atoms with Gasteiger partial charge in [-0.15, -0.1) is 10.2 Å². The largest absolute Gasteiger partial charge is 0.497 e. The molecule has 1 N–H and O–H groups in total. The first-order chi connectivity index (χ1) is 18.2. The van der Waals surface area contributed by atoms with Gasteiger partial charge in [-0.2, -0.15) is 13.2 Å². The Morgan fingerprint density at radius 1 is 0.974 bits per heavy atom. The number of benzene rings is 3. The van der Waals surface area contributed by atoms with Gasteiger partial charge in [0.25, 0.3) is 5.91 Å². The van der Waals surface area contributed by atoms with Crippen LogP contribution in [0.5, 0.6) is 11.5 Å². The average Bonchev–Trinajstić information content (AvgIpc) is 3.33. The SMILES string of the molecule is COc1cc(OC)cc(C(=O)NCc2nnc(SCc3cccc(C(F)(F)F)c3)n2-c2ccc(F)cc2)c1. The molecule has 198 valence electrons. The van der Waals surface area contributed by atoms with Crippen LogP contribution in [0.4, 0.5) is 17.6 Å². The monoisotopic (exact) mass is 546 g/mol. The second-order valence-electron chi connectivity index (χ2n) is 7.98. The number of hydrogen-bond acceptors (Lipinski definition) is 6. The number of carbonyl (C=O) groups is 1. The average molecular weight is 547 g/mol. The van der Waals surface area contributed by atoms with E-state index < -0.39 is 23.5 Å². The molecule has 0 aliphatic carbocycles. The van der Waals surface area contributed by atoms with Crippen LogP contribution in [0.2, 0.25) is 0 Å². The molecule has 0 fully saturated rings. The van der Waals surface area contributed by atoms with Crippen LogP contribution in [0, 0.1) is 5.82 Å². The van der Waals surface area contributed by atoms with E-state index in [2.05, 4.69) is 15.5 Å². The third-order valence-electron chi connectivity index (χ3n) is 5.43. The van der Waals surface area contributed by atoms with Crippen molar-refractivity contribution in [2.45, 2.75) is 23.6 Å². The van der Waals surface area contributed by atoms with Gasteiger partial charge in [-0.1, -0.05) is 30.0 Å². The fourth-order valence-corrected chi connectivity index (χ4v) is 4.46. The van der Waals surface area contributed by atoms with Crippen molar-refractivity contribution in [2.24, 2.45) is 0 Å². The second-order valence-corrected chi connectivity index (χ2v) is 8.92. The van der Waals surface area contributed by atoms with Gasteiger partial charge in [0.05, 0.1) is 26.3 Å². The zero-order chi connectivity index (χ0) is 27.3. The zero-order valence-corrected chi connectivity index (χ0v) is 21.1. The van der Waals surface area contributed by atoms with Gasteiger partial charge >= 0.3 is 6.18 Å². The molecule has 0 atom stereocenters. The summed E-state index contributed by atoms with van der Waals surface area (Å²) in [6, 6.07) is 15.3. The Labute approximate surface area is 219 Å². The maximum atomic E-state index is 13.6. The summed E-state index contributed by atoms with van der Waals surface area (Å²) in [4.78, 5) is 12.9. The highest BCUT2D eigenvalue weighted by Crippen LogP contribution is 2.32. The number of alkyl halides is 3. The summed E-state index contributed by atoms with van der Waals surface area (Å²) < 4.78 is 64.9. The highest BCUT2D eigenvalue weighted by molar-refractivity contribution is 7.98. The van der Waals surface area contributed by atoms with Crippen molar-refractivity contribution in [1.82, 2.24) is 20.1 Å².